The van der Waals surface area contributed by atoms with E-state index in [0.717, 1.165) is 11.3 Å². The number of anilines is 1. The van der Waals surface area contributed by atoms with Crippen LogP contribution in [0.25, 0.3) is 0 Å². The van der Waals surface area contributed by atoms with Crippen molar-refractivity contribution in [3.05, 3.63) is 83.9 Å². The molecule has 1 amide bonds. The van der Waals surface area contributed by atoms with Gasteiger partial charge in [-0.2, -0.15) is 0 Å². The molecule has 3 aromatic carbocycles. The average molecular weight is 435 g/mol. The molecule has 3 aromatic rings. The summed E-state index contributed by atoms with van der Waals surface area (Å²) in [5, 5.41) is 2.69. The zero-order valence-electron chi connectivity index (χ0n) is 18.0. The number of para-hydroxylation sites is 2. The number of rotatable bonds is 10. The summed E-state index contributed by atoms with van der Waals surface area (Å²) >= 11 is 0. The Balaban J connectivity index is 1.52. The minimum Gasteiger partial charge on any atom is -0.495 e. The third-order valence-electron chi connectivity index (χ3n) is 4.42. The number of esters is 1. The molecule has 7 heteroatoms. The van der Waals surface area contributed by atoms with Crippen LogP contribution in [0.15, 0.2) is 72.8 Å². The predicted octanol–water partition coefficient (Wildman–Crippen LogP) is 4.26. The molecule has 0 atom stereocenters. The smallest absolute Gasteiger partial charge is 0.342 e. The van der Waals surface area contributed by atoms with Crippen molar-refractivity contribution in [2.75, 3.05) is 32.2 Å². The van der Waals surface area contributed by atoms with Crippen molar-refractivity contribution in [3.63, 3.8) is 0 Å². The predicted molar refractivity (Wildman–Crippen MR) is 121 cm³/mol. The topological polar surface area (TPSA) is 83.1 Å². The number of amides is 1. The highest BCUT2D eigenvalue weighted by molar-refractivity contribution is 5.97. The third kappa shape index (κ3) is 6.50. The number of ether oxygens (including phenoxy) is 4. The highest BCUT2D eigenvalue weighted by Crippen LogP contribution is 2.25. The Labute approximate surface area is 186 Å². The molecule has 0 aliphatic rings. The quantitative estimate of drug-likeness (QED) is 0.379. The molecule has 1 N–H and O–H groups in total. The molecule has 0 unspecified atom stereocenters. The van der Waals surface area contributed by atoms with Crippen LogP contribution in [0, 0.1) is 6.92 Å². The zero-order valence-corrected chi connectivity index (χ0v) is 18.0. The molecule has 0 heterocycles. The van der Waals surface area contributed by atoms with Gasteiger partial charge in [0.25, 0.3) is 5.91 Å². The lowest BCUT2D eigenvalue weighted by Gasteiger charge is -2.13. The Morgan fingerprint density at radius 1 is 0.844 bits per heavy atom. The number of aryl methyl sites for hydroxylation is 1. The number of methoxy groups -OCH3 is 1. The molecule has 7 nitrogen and oxygen atoms in total. The first-order valence-corrected chi connectivity index (χ1v) is 10.1. The molecular weight excluding hydrogens is 410 g/mol. The molecule has 0 aliphatic heterocycles. The monoisotopic (exact) mass is 435 g/mol. The third-order valence-corrected chi connectivity index (χ3v) is 4.42. The van der Waals surface area contributed by atoms with Crippen molar-refractivity contribution in [2.24, 2.45) is 0 Å². The molecule has 0 aromatic heterocycles. The van der Waals surface area contributed by atoms with Gasteiger partial charge < -0.3 is 24.3 Å². The number of carbonyl (C=O) groups excluding carboxylic acids is 2. The first-order chi connectivity index (χ1) is 15.6. The lowest BCUT2D eigenvalue weighted by Crippen LogP contribution is -2.21. The molecule has 32 heavy (non-hydrogen) atoms. The molecule has 0 aliphatic carbocycles. The molecule has 0 fully saturated rings. The van der Waals surface area contributed by atoms with Crippen LogP contribution in [0.5, 0.6) is 17.2 Å². The fourth-order valence-electron chi connectivity index (χ4n) is 2.90. The fraction of sp³-hybridized carbons (Fsp3) is 0.200. The van der Waals surface area contributed by atoms with E-state index >= 15 is 0 Å². The van der Waals surface area contributed by atoms with Crippen LogP contribution < -0.4 is 19.5 Å². The second-order valence-corrected chi connectivity index (χ2v) is 6.83. The summed E-state index contributed by atoms with van der Waals surface area (Å²) in [6.07, 6.45) is 0. The summed E-state index contributed by atoms with van der Waals surface area (Å²) in [4.78, 5) is 24.8. The van der Waals surface area contributed by atoms with Crippen molar-refractivity contribution in [2.45, 2.75) is 6.92 Å². The lowest BCUT2D eigenvalue weighted by atomic mass is 10.2. The molecule has 0 radical (unpaired) electrons. The van der Waals surface area contributed by atoms with Gasteiger partial charge in [0.2, 0.25) is 0 Å². The van der Waals surface area contributed by atoms with Crippen LogP contribution in [0.2, 0.25) is 0 Å². The number of hydrogen-bond donors (Lipinski definition) is 1. The van der Waals surface area contributed by atoms with Gasteiger partial charge in [-0.3, -0.25) is 4.79 Å². The standard InChI is InChI=1S/C25H25NO6/c1-18-12-13-23(29-2)21(16-18)26-24(27)17-32-25(28)20-10-6-7-11-22(20)31-15-14-30-19-8-4-3-5-9-19/h3-13,16H,14-15,17H2,1-2H3,(H,26,27). The SMILES string of the molecule is COc1ccc(C)cc1NC(=O)COC(=O)c1ccccc1OCCOc1ccccc1. The van der Waals surface area contributed by atoms with Crippen LogP contribution >= 0.6 is 0 Å². The van der Waals surface area contributed by atoms with E-state index in [1.807, 2.05) is 43.3 Å². The minimum atomic E-state index is -0.657. The minimum absolute atomic E-state index is 0.230. The van der Waals surface area contributed by atoms with E-state index in [1.54, 1.807) is 36.4 Å². The van der Waals surface area contributed by atoms with Gasteiger partial charge in [-0.25, -0.2) is 4.79 Å². The zero-order chi connectivity index (χ0) is 22.8. The van der Waals surface area contributed by atoms with Gasteiger partial charge in [0.1, 0.15) is 36.0 Å². The van der Waals surface area contributed by atoms with Gasteiger partial charge in [0.15, 0.2) is 6.61 Å². The normalized spacial score (nSPS) is 10.2. The highest BCUT2D eigenvalue weighted by atomic mass is 16.5. The first-order valence-electron chi connectivity index (χ1n) is 10.1. The van der Waals surface area contributed by atoms with Gasteiger partial charge in [-0.1, -0.05) is 36.4 Å². The van der Waals surface area contributed by atoms with E-state index in [1.165, 1.54) is 7.11 Å². The molecule has 0 spiro atoms. The van der Waals surface area contributed by atoms with E-state index in [-0.39, 0.29) is 12.2 Å². The van der Waals surface area contributed by atoms with Crippen molar-refractivity contribution in [3.8, 4) is 17.2 Å². The Kier molecular flexibility index (Phi) is 8.09. The second-order valence-electron chi connectivity index (χ2n) is 6.83. The summed E-state index contributed by atoms with van der Waals surface area (Å²) in [6, 6.07) is 21.5. The maximum atomic E-state index is 12.5. The number of carbonyl (C=O) groups is 2. The second kappa shape index (κ2) is 11.4. The maximum Gasteiger partial charge on any atom is 0.342 e. The van der Waals surface area contributed by atoms with Gasteiger partial charge in [-0.05, 0) is 48.9 Å². The number of hydrogen-bond acceptors (Lipinski definition) is 6. The van der Waals surface area contributed by atoms with E-state index in [0.29, 0.717) is 23.8 Å². The maximum absolute atomic E-state index is 12.5. The molecule has 0 saturated carbocycles. The van der Waals surface area contributed by atoms with E-state index in [9.17, 15) is 9.59 Å². The van der Waals surface area contributed by atoms with Crippen molar-refractivity contribution < 1.29 is 28.5 Å². The fourth-order valence-corrected chi connectivity index (χ4v) is 2.90. The van der Waals surface area contributed by atoms with E-state index < -0.39 is 18.5 Å². The van der Waals surface area contributed by atoms with Gasteiger partial charge in [-0.15, -0.1) is 0 Å². The Morgan fingerprint density at radius 3 is 2.34 bits per heavy atom. The van der Waals surface area contributed by atoms with Crippen LogP contribution in [0.1, 0.15) is 15.9 Å². The lowest BCUT2D eigenvalue weighted by molar-refractivity contribution is -0.119. The van der Waals surface area contributed by atoms with E-state index in [2.05, 4.69) is 5.32 Å². The van der Waals surface area contributed by atoms with Gasteiger partial charge in [0.05, 0.1) is 12.8 Å². The highest BCUT2D eigenvalue weighted by Gasteiger charge is 2.16. The first kappa shape index (κ1) is 22.7. The molecule has 166 valence electrons. The average Bonchev–Trinajstić information content (AvgIpc) is 2.81. The van der Waals surface area contributed by atoms with Gasteiger partial charge >= 0.3 is 5.97 Å². The Morgan fingerprint density at radius 2 is 1.56 bits per heavy atom. The van der Waals surface area contributed by atoms with E-state index in [4.69, 9.17) is 18.9 Å². The van der Waals surface area contributed by atoms with Gasteiger partial charge in [0, 0.05) is 0 Å². The Hall–Kier alpha value is -4.00. The Bertz CT molecular complexity index is 1050. The molecule has 3 rings (SSSR count). The molecule has 0 bridgehead atoms. The van der Waals surface area contributed by atoms with Crippen molar-refractivity contribution >= 4 is 17.6 Å². The number of nitrogens with one attached hydrogen (secondary N) is 1. The summed E-state index contributed by atoms with van der Waals surface area (Å²) in [5.74, 6) is 0.481. The van der Waals surface area contributed by atoms with Crippen LogP contribution in [-0.2, 0) is 9.53 Å². The van der Waals surface area contributed by atoms with Crippen LogP contribution in [-0.4, -0.2) is 38.8 Å². The summed E-state index contributed by atoms with van der Waals surface area (Å²) in [7, 11) is 1.52. The van der Waals surface area contributed by atoms with Crippen molar-refractivity contribution in [1.29, 1.82) is 0 Å². The van der Waals surface area contributed by atoms with Crippen LogP contribution in [0.4, 0.5) is 5.69 Å². The summed E-state index contributed by atoms with van der Waals surface area (Å²) < 4.78 is 21.7. The number of benzene rings is 3. The largest absolute Gasteiger partial charge is 0.495 e. The molecule has 0 saturated heterocycles. The van der Waals surface area contributed by atoms with Crippen molar-refractivity contribution in [1.82, 2.24) is 0 Å². The summed E-state index contributed by atoms with van der Waals surface area (Å²) in [5.41, 5.74) is 1.70. The summed E-state index contributed by atoms with van der Waals surface area (Å²) in [6.45, 7) is 2.01. The molecular formula is C25H25NO6. The van der Waals surface area contributed by atoms with Crippen LogP contribution in [0.3, 0.4) is 0 Å².